The van der Waals surface area contributed by atoms with Crippen molar-refractivity contribution in [3.63, 3.8) is 0 Å². The van der Waals surface area contributed by atoms with Crippen LogP contribution in [0.5, 0.6) is 11.5 Å². The summed E-state index contributed by atoms with van der Waals surface area (Å²) in [5, 5.41) is 0.610. The van der Waals surface area contributed by atoms with Crippen molar-refractivity contribution in [2.75, 3.05) is 24.9 Å². The molecule has 0 bridgehead atoms. The highest BCUT2D eigenvalue weighted by molar-refractivity contribution is 7.92. The number of methoxy groups -OCH3 is 1. The molecular weight excluding hydrogens is 514 g/mol. The Balaban J connectivity index is 1.82. The summed E-state index contributed by atoms with van der Waals surface area (Å²) in [5.41, 5.74) is 5.33. The van der Waals surface area contributed by atoms with Gasteiger partial charge in [-0.2, -0.15) is 0 Å². The standard InChI is InChI=1S/C30H35N3O5S/c1-7-32(8-2)30(34)38-26-11-10-25-24(13-14-33(25)19-23-16-21(4)15-22(5)17-23)29(26)31-39(35,36)28-12-9-20(3)18-27(28)37-6/h9-18,31H,7-8,19H2,1-6H3. The van der Waals surface area contributed by atoms with Crippen LogP contribution >= 0.6 is 0 Å². The summed E-state index contributed by atoms with van der Waals surface area (Å²) < 4.78 is 43.1. The Morgan fingerprint density at radius 3 is 2.23 bits per heavy atom. The number of nitrogens with one attached hydrogen (secondary N) is 1. The zero-order valence-corrected chi connectivity index (χ0v) is 24.1. The van der Waals surface area contributed by atoms with Gasteiger partial charge in [0.2, 0.25) is 0 Å². The van der Waals surface area contributed by atoms with Crippen molar-refractivity contribution in [1.29, 1.82) is 0 Å². The molecule has 0 aliphatic carbocycles. The minimum absolute atomic E-state index is 0.0108. The zero-order chi connectivity index (χ0) is 28.3. The number of aromatic nitrogens is 1. The molecule has 4 rings (SSSR count). The van der Waals surface area contributed by atoms with E-state index in [1.165, 1.54) is 29.2 Å². The lowest BCUT2D eigenvalue weighted by Gasteiger charge is -2.20. The van der Waals surface area contributed by atoms with Gasteiger partial charge >= 0.3 is 6.09 Å². The average molecular weight is 550 g/mol. The number of amides is 1. The van der Waals surface area contributed by atoms with Gasteiger partial charge < -0.3 is 18.9 Å². The fourth-order valence-corrected chi connectivity index (χ4v) is 6.01. The topological polar surface area (TPSA) is 89.9 Å². The number of carbonyl (C=O) groups excluding carboxylic acids is 1. The second-order valence-corrected chi connectivity index (χ2v) is 11.3. The number of benzene rings is 3. The molecule has 0 atom stereocenters. The second-order valence-electron chi connectivity index (χ2n) is 9.61. The van der Waals surface area contributed by atoms with E-state index in [0.717, 1.165) is 16.6 Å². The third-order valence-electron chi connectivity index (χ3n) is 6.61. The summed E-state index contributed by atoms with van der Waals surface area (Å²) >= 11 is 0. The Hall–Kier alpha value is -3.98. The highest BCUT2D eigenvalue weighted by atomic mass is 32.2. The number of nitrogens with zero attached hydrogens (tertiary/aromatic N) is 2. The Morgan fingerprint density at radius 1 is 0.897 bits per heavy atom. The van der Waals surface area contributed by atoms with Crippen LogP contribution in [0.2, 0.25) is 0 Å². The van der Waals surface area contributed by atoms with Crippen molar-refractivity contribution in [3.05, 3.63) is 83.0 Å². The summed E-state index contributed by atoms with van der Waals surface area (Å²) in [7, 11) is -2.67. The number of hydrogen-bond acceptors (Lipinski definition) is 5. The van der Waals surface area contributed by atoms with Gasteiger partial charge in [-0.25, -0.2) is 13.2 Å². The quantitative estimate of drug-likeness (QED) is 0.266. The third kappa shape index (κ3) is 6.04. The van der Waals surface area contributed by atoms with Crippen LogP contribution in [0.3, 0.4) is 0 Å². The molecule has 4 aromatic rings. The average Bonchev–Trinajstić information content (AvgIpc) is 3.28. The molecular formula is C30H35N3O5S. The number of aryl methyl sites for hydroxylation is 3. The summed E-state index contributed by atoms with van der Waals surface area (Å²) in [4.78, 5) is 14.4. The summed E-state index contributed by atoms with van der Waals surface area (Å²) in [6, 6.07) is 16.6. The maximum absolute atomic E-state index is 13.6. The summed E-state index contributed by atoms with van der Waals surface area (Å²) in [6.07, 6.45) is 1.35. The number of carbonyl (C=O) groups is 1. The van der Waals surface area contributed by atoms with Gasteiger partial charge in [0.25, 0.3) is 10.0 Å². The molecule has 3 aromatic carbocycles. The van der Waals surface area contributed by atoms with Crippen molar-refractivity contribution < 1.29 is 22.7 Å². The van der Waals surface area contributed by atoms with Crippen LogP contribution in [-0.4, -0.2) is 44.2 Å². The first-order valence-electron chi connectivity index (χ1n) is 12.9. The minimum Gasteiger partial charge on any atom is -0.495 e. The van der Waals surface area contributed by atoms with E-state index in [-0.39, 0.29) is 22.1 Å². The highest BCUT2D eigenvalue weighted by Crippen LogP contribution is 2.37. The molecule has 0 aliphatic rings. The first-order chi connectivity index (χ1) is 18.6. The van der Waals surface area contributed by atoms with E-state index in [0.29, 0.717) is 25.0 Å². The maximum atomic E-state index is 13.6. The minimum atomic E-state index is -4.10. The molecule has 1 amide bonds. The van der Waals surface area contributed by atoms with Crippen LogP contribution in [0.25, 0.3) is 10.9 Å². The molecule has 0 aliphatic heterocycles. The molecule has 0 unspecified atom stereocenters. The first kappa shape index (κ1) is 28.0. The number of hydrogen-bond donors (Lipinski definition) is 1. The molecule has 1 heterocycles. The smallest absolute Gasteiger partial charge is 0.415 e. The van der Waals surface area contributed by atoms with Gasteiger partial charge in [-0.05, 0) is 76.1 Å². The fraction of sp³-hybridized carbons (Fsp3) is 0.300. The van der Waals surface area contributed by atoms with Crippen LogP contribution in [0, 0.1) is 20.8 Å². The van der Waals surface area contributed by atoms with Gasteiger partial charge in [0.1, 0.15) is 16.3 Å². The summed E-state index contributed by atoms with van der Waals surface area (Å²) in [6.45, 7) is 11.2. The van der Waals surface area contributed by atoms with Crippen molar-refractivity contribution >= 4 is 32.7 Å². The van der Waals surface area contributed by atoms with Crippen molar-refractivity contribution in [3.8, 4) is 11.5 Å². The SMILES string of the molecule is CCN(CC)C(=O)Oc1ccc2c(ccn2Cc2cc(C)cc(C)c2)c1NS(=O)(=O)c1ccc(C)cc1OC. The molecule has 39 heavy (non-hydrogen) atoms. The fourth-order valence-electron chi connectivity index (χ4n) is 4.76. The Morgan fingerprint density at radius 2 is 1.59 bits per heavy atom. The highest BCUT2D eigenvalue weighted by Gasteiger charge is 2.25. The molecule has 0 fully saturated rings. The first-order valence-corrected chi connectivity index (χ1v) is 14.4. The molecule has 9 heteroatoms. The van der Waals surface area contributed by atoms with Crippen molar-refractivity contribution in [2.24, 2.45) is 0 Å². The van der Waals surface area contributed by atoms with Gasteiger partial charge in [-0.1, -0.05) is 35.4 Å². The third-order valence-corrected chi connectivity index (χ3v) is 8.00. The predicted octanol–water partition coefficient (Wildman–Crippen LogP) is 6.26. The van der Waals surface area contributed by atoms with Crippen LogP contribution in [0.4, 0.5) is 10.5 Å². The van der Waals surface area contributed by atoms with E-state index in [4.69, 9.17) is 9.47 Å². The van der Waals surface area contributed by atoms with Crippen LogP contribution < -0.4 is 14.2 Å². The lowest BCUT2D eigenvalue weighted by molar-refractivity contribution is 0.157. The van der Waals surface area contributed by atoms with E-state index < -0.39 is 16.1 Å². The summed E-state index contributed by atoms with van der Waals surface area (Å²) in [5.74, 6) is 0.349. The van der Waals surface area contributed by atoms with Gasteiger partial charge in [-0.3, -0.25) is 4.72 Å². The number of rotatable bonds is 9. The van der Waals surface area contributed by atoms with E-state index >= 15 is 0 Å². The second kappa shape index (κ2) is 11.4. The lowest BCUT2D eigenvalue weighted by Crippen LogP contribution is -2.33. The van der Waals surface area contributed by atoms with Gasteiger partial charge in [0, 0.05) is 31.2 Å². The van der Waals surface area contributed by atoms with E-state index in [1.54, 1.807) is 18.2 Å². The molecule has 206 valence electrons. The van der Waals surface area contributed by atoms with Gasteiger partial charge in [0.15, 0.2) is 5.75 Å². The number of fused-ring (bicyclic) bond motifs is 1. The molecule has 0 radical (unpaired) electrons. The van der Waals surface area contributed by atoms with Gasteiger partial charge in [0.05, 0.1) is 12.6 Å². The van der Waals surface area contributed by atoms with Crippen LogP contribution in [0.15, 0.2) is 65.7 Å². The molecule has 0 saturated heterocycles. The van der Waals surface area contributed by atoms with Crippen molar-refractivity contribution in [2.45, 2.75) is 46.1 Å². The molecule has 1 N–H and O–H groups in total. The van der Waals surface area contributed by atoms with Crippen molar-refractivity contribution in [1.82, 2.24) is 9.47 Å². The lowest BCUT2D eigenvalue weighted by atomic mass is 10.1. The molecule has 1 aromatic heterocycles. The Kier molecular flexibility index (Phi) is 8.20. The molecule has 0 saturated carbocycles. The van der Waals surface area contributed by atoms with E-state index in [1.807, 2.05) is 43.7 Å². The zero-order valence-electron chi connectivity index (χ0n) is 23.2. The van der Waals surface area contributed by atoms with E-state index in [2.05, 4.69) is 36.8 Å². The Bertz CT molecular complexity index is 1600. The monoisotopic (exact) mass is 549 g/mol. The predicted molar refractivity (Wildman–Crippen MR) is 154 cm³/mol. The van der Waals surface area contributed by atoms with Gasteiger partial charge in [-0.15, -0.1) is 0 Å². The normalized spacial score (nSPS) is 11.4. The van der Waals surface area contributed by atoms with E-state index in [9.17, 15) is 13.2 Å². The van der Waals surface area contributed by atoms with Crippen LogP contribution in [-0.2, 0) is 16.6 Å². The number of anilines is 1. The van der Waals surface area contributed by atoms with Crippen LogP contribution in [0.1, 0.15) is 36.1 Å². The number of sulfonamides is 1. The number of ether oxygens (including phenoxy) is 2. The molecule has 8 nitrogen and oxygen atoms in total. The molecule has 0 spiro atoms. The largest absolute Gasteiger partial charge is 0.495 e. The maximum Gasteiger partial charge on any atom is 0.415 e. The Labute approximate surface area is 230 Å².